The Balaban J connectivity index is 3.21. The Morgan fingerprint density at radius 3 is 2.28 bits per heavy atom. The third kappa shape index (κ3) is 3.13. The maximum absolute atomic E-state index is 10.9. The number of carboxylic acid groups (broad SMARTS) is 2. The number of aliphatic carboxylic acids is 1. The molecule has 98 valence electrons. The van der Waals surface area contributed by atoms with Crippen molar-refractivity contribution in [2.75, 3.05) is 14.2 Å². The molecule has 2 N–H and O–H groups in total. The number of hydrogen-bond donors (Lipinski definition) is 2. The predicted molar refractivity (Wildman–Crippen MR) is 62.5 cm³/mol. The quantitative estimate of drug-likeness (QED) is 0.797. The maximum atomic E-state index is 10.9. The van der Waals surface area contributed by atoms with E-state index in [1.54, 1.807) is 0 Å². The maximum Gasteiger partial charge on any atom is 0.335 e. The van der Waals surface area contributed by atoms with Crippen LogP contribution < -0.4 is 9.47 Å². The summed E-state index contributed by atoms with van der Waals surface area (Å²) >= 11 is 0. The Bertz CT molecular complexity index is 466. The Kier molecular flexibility index (Phi) is 4.53. The highest BCUT2D eigenvalue weighted by molar-refractivity contribution is 5.89. The number of hydrogen-bond acceptors (Lipinski definition) is 4. The summed E-state index contributed by atoms with van der Waals surface area (Å²) < 4.78 is 10.2. The smallest absolute Gasteiger partial charge is 0.335 e. The normalized spacial score (nSPS) is 9.89. The van der Waals surface area contributed by atoms with Gasteiger partial charge < -0.3 is 19.7 Å². The molecule has 0 aromatic heterocycles. The van der Waals surface area contributed by atoms with Crippen LogP contribution in [0.2, 0.25) is 0 Å². The van der Waals surface area contributed by atoms with Crippen LogP contribution in [-0.4, -0.2) is 36.4 Å². The first kappa shape index (κ1) is 13.8. The highest BCUT2D eigenvalue weighted by Crippen LogP contribution is 2.33. The van der Waals surface area contributed by atoms with Crippen LogP contribution in [0.15, 0.2) is 12.1 Å². The lowest BCUT2D eigenvalue weighted by Crippen LogP contribution is -2.05. The van der Waals surface area contributed by atoms with Crippen molar-refractivity contribution >= 4 is 11.9 Å². The van der Waals surface area contributed by atoms with Crippen molar-refractivity contribution in [3.8, 4) is 11.5 Å². The van der Waals surface area contributed by atoms with E-state index in [0.717, 1.165) is 0 Å². The zero-order valence-electron chi connectivity index (χ0n) is 10.1. The third-order valence-electron chi connectivity index (χ3n) is 2.41. The van der Waals surface area contributed by atoms with Gasteiger partial charge in [-0.2, -0.15) is 0 Å². The molecule has 1 aromatic carbocycles. The molecule has 0 radical (unpaired) electrons. The van der Waals surface area contributed by atoms with Crippen LogP contribution in [0.1, 0.15) is 22.3 Å². The van der Waals surface area contributed by atoms with Gasteiger partial charge in [0.2, 0.25) is 0 Å². The minimum Gasteiger partial charge on any atom is -0.493 e. The van der Waals surface area contributed by atoms with Crippen molar-refractivity contribution < 1.29 is 29.3 Å². The van der Waals surface area contributed by atoms with E-state index in [-0.39, 0.29) is 24.2 Å². The largest absolute Gasteiger partial charge is 0.493 e. The van der Waals surface area contributed by atoms with Crippen molar-refractivity contribution in [3.05, 3.63) is 23.3 Å². The second-order valence-electron chi connectivity index (χ2n) is 3.57. The van der Waals surface area contributed by atoms with Crippen LogP contribution in [0.25, 0.3) is 0 Å². The van der Waals surface area contributed by atoms with Crippen molar-refractivity contribution in [1.82, 2.24) is 0 Å². The first-order valence-electron chi connectivity index (χ1n) is 5.19. The zero-order chi connectivity index (χ0) is 13.7. The van der Waals surface area contributed by atoms with Crippen molar-refractivity contribution in [2.45, 2.75) is 12.8 Å². The number of rotatable bonds is 6. The zero-order valence-corrected chi connectivity index (χ0v) is 10.1. The summed E-state index contributed by atoms with van der Waals surface area (Å²) in [6, 6.07) is 2.73. The molecule has 18 heavy (non-hydrogen) atoms. The lowest BCUT2D eigenvalue weighted by molar-refractivity contribution is -0.136. The molecule has 0 aliphatic rings. The highest BCUT2D eigenvalue weighted by atomic mass is 16.5. The van der Waals surface area contributed by atoms with Crippen LogP contribution >= 0.6 is 0 Å². The molecular weight excluding hydrogens is 240 g/mol. The van der Waals surface area contributed by atoms with E-state index in [2.05, 4.69) is 0 Å². The number of methoxy groups -OCH3 is 2. The molecule has 0 amide bonds. The Morgan fingerprint density at radius 2 is 1.83 bits per heavy atom. The molecule has 0 unspecified atom stereocenters. The summed E-state index contributed by atoms with van der Waals surface area (Å²) in [5, 5.41) is 17.6. The minimum absolute atomic E-state index is 0.0352. The van der Waals surface area contributed by atoms with E-state index < -0.39 is 11.9 Å². The third-order valence-corrected chi connectivity index (χ3v) is 2.41. The van der Waals surface area contributed by atoms with Gasteiger partial charge >= 0.3 is 11.9 Å². The number of carbonyl (C=O) groups is 2. The summed E-state index contributed by atoms with van der Waals surface area (Å²) in [6.07, 6.45) is 0.0680. The van der Waals surface area contributed by atoms with Gasteiger partial charge in [-0.1, -0.05) is 0 Å². The molecule has 0 heterocycles. The van der Waals surface area contributed by atoms with Gasteiger partial charge in [-0.05, 0) is 24.1 Å². The molecule has 6 nitrogen and oxygen atoms in total. The minimum atomic E-state index is -1.10. The fourth-order valence-electron chi connectivity index (χ4n) is 1.59. The molecule has 0 saturated heterocycles. The van der Waals surface area contributed by atoms with Crippen molar-refractivity contribution in [1.29, 1.82) is 0 Å². The van der Waals surface area contributed by atoms with Crippen LogP contribution in [-0.2, 0) is 11.2 Å². The topological polar surface area (TPSA) is 93.1 Å². The van der Waals surface area contributed by atoms with Gasteiger partial charge in [-0.25, -0.2) is 4.79 Å². The predicted octanol–water partition coefficient (Wildman–Crippen LogP) is 1.42. The molecule has 0 bridgehead atoms. The van der Waals surface area contributed by atoms with E-state index >= 15 is 0 Å². The standard InChI is InChI=1S/C12H14O6/c1-17-9-6-8(12(15)16)5-7(11(9)18-2)3-4-10(13)14/h5-6H,3-4H2,1-2H3,(H,13,14)(H,15,16). The molecular formula is C12H14O6. The fraction of sp³-hybridized carbons (Fsp3) is 0.333. The monoisotopic (exact) mass is 254 g/mol. The van der Waals surface area contributed by atoms with Crippen molar-refractivity contribution in [2.24, 2.45) is 0 Å². The summed E-state index contributed by atoms with van der Waals surface area (Å²) in [6.45, 7) is 0. The first-order chi connectivity index (χ1) is 8.49. The molecule has 1 rings (SSSR count). The number of aromatic carboxylic acids is 1. The van der Waals surface area contributed by atoms with Gasteiger partial charge in [-0.15, -0.1) is 0 Å². The number of benzene rings is 1. The number of aryl methyl sites for hydroxylation is 1. The molecule has 0 spiro atoms. The Labute approximate surface area is 104 Å². The number of carboxylic acids is 2. The number of ether oxygens (including phenoxy) is 2. The SMILES string of the molecule is COc1cc(C(=O)O)cc(CCC(=O)O)c1OC. The first-order valence-corrected chi connectivity index (χ1v) is 5.19. The lowest BCUT2D eigenvalue weighted by atomic mass is 10.0. The second-order valence-corrected chi connectivity index (χ2v) is 3.57. The van der Waals surface area contributed by atoms with Gasteiger partial charge in [0.15, 0.2) is 11.5 Å². The van der Waals surface area contributed by atoms with E-state index in [4.69, 9.17) is 19.7 Å². The Morgan fingerprint density at radius 1 is 1.17 bits per heavy atom. The van der Waals surface area contributed by atoms with E-state index in [1.165, 1.54) is 26.4 Å². The summed E-state index contributed by atoms with van der Waals surface area (Å²) in [7, 11) is 2.81. The molecule has 6 heteroatoms. The average Bonchev–Trinajstić information content (AvgIpc) is 2.34. The molecule has 0 fully saturated rings. The van der Waals surface area contributed by atoms with Crippen LogP contribution in [0.3, 0.4) is 0 Å². The van der Waals surface area contributed by atoms with E-state index in [9.17, 15) is 9.59 Å². The Hall–Kier alpha value is -2.24. The van der Waals surface area contributed by atoms with Gasteiger partial charge in [0.1, 0.15) is 0 Å². The highest BCUT2D eigenvalue weighted by Gasteiger charge is 2.16. The fourth-order valence-corrected chi connectivity index (χ4v) is 1.59. The molecule has 0 aliphatic carbocycles. The van der Waals surface area contributed by atoms with Gasteiger partial charge in [0, 0.05) is 6.42 Å². The van der Waals surface area contributed by atoms with Crippen LogP contribution in [0, 0.1) is 0 Å². The molecule has 0 saturated carbocycles. The molecule has 1 aromatic rings. The van der Waals surface area contributed by atoms with Gasteiger partial charge in [0.05, 0.1) is 19.8 Å². The van der Waals surface area contributed by atoms with Crippen molar-refractivity contribution in [3.63, 3.8) is 0 Å². The second kappa shape index (κ2) is 5.90. The molecule has 0 atom stereocenters. The van der Waals surface area contributed by atoms with Crippen LogP contribution in [0.4, 0.5) is 0 Å². The summed E-state index contributed by atoms with van der Waals surface area (Å²) in [5.74, 6) is -1.43. The lowest BCUT2D eigenvalue weighted by Gasteiger charge is -2.13. The van der Waals surface area contributed by atoms with E-state index in [0.29, 0.717) is 11.3 Å². The average molecular weight is 254 g/mol. The van der Waals surface area contributed by atoms with Gasteiger partial charge in [0.25, 0.3) is 0 Å². The van der Waals surface area contributed by atoms with Gasteiger partial charge in [-0.3, -0.25) is 4.79 Å². The van der Waals surface area contributed by atoms with Crippen LogP contribution in [0.5, 0.6) is 11.5 Å². The summed E-state index contributed by atoms with van der Waals surface area (Å²) in [5.41, 5.74) is 0.532. The van der Waals surface area contributed by atoms with E-state index in [1.807, 2.05) is 0 Å². The molecule has 0 aliphatic heterocycles. The summed E-state index contributed by atoms with van der Waals surface area (Å²) in [4.78, 5) is 21.5.